The number of aliphatic hydroxyl groups excluding tert-OH is 1. The van der Waals surface area contributed by atoms with Crippen LogP contribution in [0.5, 0.6) is 0 Å². The molecular formula is C32H54O. The maximum absolute atomic E-state index is 10.3. The third-order valence-corrected chi connectivity index (χ3v) is 12.0. The summed E-state index contributed by atoms with van der Waals surface area (Å²) in [7, 11) is 0. The number of fused-ring (bicyclic) bond motifs is 5. The zero-order valence-corrected chi connectivity index (χ0v) is 22.8. The van der Waals surface area contributed by atoms with E-state index in [0.29, 0.717) is 22.7 Å². The highest BCUT2D eigenvalue weighted by Gasteiger charge is 2.58. The Morgan fingerprint density at radius 1 is 1.03 bits per heavy atom. The molecule has 0 spiro atoms. The first-order valence-electron chi connectivity index (χ1n) is 14.7. The molecule has 5 unspecified atom stereocenters. The van der Waals surface area contributed by atoms with E-state index in [0.717, 1.165) is 42.4 Å². The predicted molar refractivity (Wildman–Crippen MR) is 142 cm³/mol. The van der Waals surface area contributed by atoms with Crippen molar-refractivity contribution in [3.8, 4) is 0 Å². The van der Waals surface area contributed by atoms with Crippen molar-refractivity contribution in [1.82, 2.24) is 0 Å². The van der Waals surface area contributed by atoms with Gasteiger partial charge in [0.25, 0.3) is 0 Å². The van der Waals surface area contributed by atoms with Gasteiger partial charge in [-0.1, -0.05) is 71.3 Å². The van der Waals surface area contributed by atoms with Crippen molar-refractivity contribution < 1.29 is 5.11 Å². The molecule has 4 rings (SSSR count). The second kappa shape index (κ2) is 9.83. The average molecular weight is 455 g/mol. The van der Waals surface area contributed by atoms with E-state index in [1.807, 2.05) is 5.57 Å². The normalized spacial score (nSPS) is 43.0. The minimum absolute atomic E-state index is 0.0484. The number of hydrogen-bond donors (Lipinski definition) is 1. The SMILES string of the molecule is C=C(C)C(CC)C(CC)CC[C@@H](C)C1CCC2C3=CC[C@H]4C[C@@H](O)CC[C@]4(C)C3CC[C@@]21C. The van der Waals surface area contributed by atoms with Gasteiger partial charge in [-0.25, -0.2) is 0 Å². The van der Waals surface area contributed by atoms with E-state index in [1.165, 1.54) is 69.8 Å². The molecule has 10 atom stereocenters. The molecule has 1 nitrogen and oxygen atoms in total. The summed E-state index contributed by atoms with van der Waals surface area (Å²) in [6.07, 6.45) is 18.2. The van der Waals surface area contributed by atoms with E-state index in [4.69, 9.17) is 0 Å². The summed E-state index contributed by atoms with van der Waals surface area (Å²) in [5.74, 6) is 5.59. The summed E-state index contributed by atoms with van der Waals surface area (Å²) >= 11 is 0. The Morgan fingerprint density at radius 2 is 1.73 bits per heavy atom. The van der Waals surface area contributed by atoms with Gasteiger partial charge < -0.3 is 5.11 Å². The van der Waals surface area contributed by atoms with Crippen LogP contribution in [0.15, 0.2) is 23.8 Å². The van der Waals surface area contributed by atoms with Crippen LogP contribution in [0, 0.1) is 52.3 Å². The van der Waals surface area contributed by atoms with Gasteiger partial charge in [0.05, 0.1) is 6.10 Å². The number of allylic oxidation sites excluding steroid dienone is 3. The molecule has 4 aliphatic carbocycles. The Bertz CT molecular complexity index is 735. The maximum atomic E-state index is 10.3. The van der Waals surface area contributed by atoms with Crippen molar-refractivity contribution >= 4 is 0 Å². The molecule has 33 heavy (non-hydrogen) atoms. The first-order chi connectivity index (χ1) is 15.7. The van der Waals surface area contributed by atoms with Crippen LogP contribution in [-0.4, -0.2) is 11.2 Å². The standard InChI is InChI=1S/C32H54O/c1-8-23(26(9-2)21(3)4)11-10-22(5)28-14-15-29-27-13-12-24-20-25(33)16-18-31(24,6)30(27)17-19-32(28,29)7/h13,22-26,28-30,33H,3,8-12,14-20H2,1-2,4-7H3/t22-,23?,24+,25+,26?,28?,29?,30?,31+,32-/m1/s1. The highest BCUT2D eigenvalue weighted by molar-refractivity contribution is 5.27. The minimum Gasteiger partial charge on any atom is -0.393 e. The Morgan fingerprint density at radius 3 is 2.39 bits per heavy atom. The van der Waals surface area contributed by atoms with Crippen molar-refractivity contribution in [2.75, 3.05) is 0 Å². The monoisotopic (exact) mass is 454 g/mol. The smallest absolute Gasteiger partial charge is 0.0543 e. The minimum atomic E-state index is -0.0484. The Balaban J connectivity index is 1.46. The van der Waals surface area contributed by atoms with Gasteiger partial charge in [0.15, 0.2) is 0 Å². The molecule has 0 aromatic rings. The van der Waals surface area contributed by atoms with Crippen LogP contribution < -0.4 is 0 Å². The zero-order chi connectivity index (χ0) is 24.0. The van der Waals surface area contributed by atoms with Crippen LogP contribution in [0.2, 0.25) is 0 Å². The lowest BCUT2D eigenvalue weighted by Crippen LogP contribution is -2.49. The van der Waals surface area contributed by atoms with Crippen LogP contribution in [-0.2, 0) is 0 Å². The van der Waals surface area contributed by atoms with E-state index in [1.54, 1.807) is 0 Å². The van der Waals surface area contributed by atoms with Crippen molar-refractivity contribution in [2.24, 2.45) is 52.3 Å². The summed E-state index contributed by atoms with van der Waals surface area (Å²) in [6.45, 7) is 19.2. The molecule has 0 radical (unpaired) electrons. The Kier molecular flexibility index (Phi) is 7.60. The zero-order valence-electron chi connectivity index (χ0n) is 22.8. The van der Waals surface area contributed by atoms with E-state index in [2.05, 4.69) is 54.2 Å². The van der Waals surface area contributed by atoms with Gasteiger partial charge in [-0.15, -0.1) is 0 Å². The molecule has 0 amide bonds. The van der Waals surface area contributed by atoms with Gasteiger partial charge in [0, 0.05) is 0 Å². The fourth-order valence-corrected chi connectivity index (χ4v) is 9.92. The van der Waals surface area contributed by atoms with Gasteiger partial charge in [-0.05, 0) is 123 Å². The molecule has 0 heterocycles. The summed E-state index contributed by atoms with van der Waals surface area (Å²) in [4.78, 5) is 0. The van der Waals surface area contributed by atoms with Crippen LogP contribution in [0.3, 0.4) is 0 Å². The van der Waals surface area contributed by atoms with E-state index >= 15 is 0 Å². The molecule has 4 aliphatic rings. The van der Waals surface area contributed by atoms with E-state index in [9.17, 15) is 5.11 Å². The fraction of sp³-hybridized carbons (Fsp3) is 0.875. The Labute approximate surface area is 205 Å². The van der Waals surface area contributed by atoms with Crippen molar-refractivity contribution in [3.05, 3.63) is 23.8 Å². The lowest BCUT2D eigenvalue weighted by Gasteiger charge is -2.57. The summed E-state index contributed by atoms with van der Waals surface area (Å²) < 4.78 is 0. The highest BCUT2D eigenvalue weighted by atomic mass is 16.3. The predicted octanol–water partition coefficient (Wildman–Crippen LogP) is 8.97. The highest BCUT2D eigenvalue weighted by Crippen LogP contribution is 2.67. The number of aliphatic hydroxyl groups is 1. The summed E-state index contributed by atoms with van der Waals surface area (Å²) in [5.41, 5.74) is 4.22. The largest absolute Gasteiger partial charge is 0.393 e. The van der Waals surface area contributed by atoms with Gasteiger partial charge in [-0.2, -0.15) is 0 Å². The average Bonchev–Trinajstić information content (AvgIpc) is 3.14. The molecular weight excluding hydrogens is 400 g/mol. The molecule has 0 saturated heterocycles. The lowest BCUT2D eigenvalue weighted by atomic mass is 9.47. The Hall–Kier alpha value is -0.560. The third-order valence-electron chi connectivity index (χ3n) is 12.0. The van der Waals surface area contributed by atoms with Gasteiger partial charge in [0.1, 0.15) is 0 Å². The molecule has 188 valence electrons. The van der Waals surface area contributed by atoms with Crippen LogP contribution in [0.25, 0.3) is 0 Å². The topological polar surface area (TPSA) is 20.2 Å². The maximum Gasteiger partial charge on any atom is 0.0543 e. The number of rotatable bonds is 8. The summed E-state index contributed by atoms with van der Waals surface area (Å²) in [5, 5.41) is 10.3. The number of hydrogen-bond acceptors (Lipinski definition) is 1. The first-order valence-corrected chi connectivity index (χ1v) is 14.7. The summed E-state index contributed by atoms with van der Waals surface area (Å²) in [6, 6.07) is 0. The van der Waals surface area contributed by atoms with Crippen LogP contribution in [0.1, 0.15) is 119 Å². The molecule has 1 heteroatoms. The van der Waals surface area contributed by atoms with E-state index < -0.39 is 0 Å². The molecule has 1 N–H and O–H groups in total. The quantitative estimate of drug-likeness (QED) is 0.363. The molecule has 3 fully saturated rings. The third kappa shape index (κ3) is 4.43. The van der Waals surface area contributed by atoms with Gasteiger partial charge in [-0.3, -0.25) is 0 Å². The van der Waals surface area contributed by atoms with E-state index in [-0.39, 0.29) is 6.10 Å². The lowest BCUT2D eigenvalue weighted by molar-refractivity contribution is -0.0428. The second-order valence-corrected chi connectivity index (χ2v) is 13.5. The molecule has 3 saturated carbocycles. The van der Waals surface area contributed by atoms with Gasteiger partial charge in [0.2, 0.25) is 0 Å². The molecule has 0 aromatic heterocycles. The molecule has 0 aliphatic heterocycles. The van der Waals surface area contributed by atoms with Crippen molar-refractivity contribution in [1.29, 1.82) is 0 Å². The van der Waals surface area contributed by atoms with Crippen molar-refractivity contribution in [3.63, 3.8) is 0 Å². The van der Waals surface area contributed by atoms with Crippen LogP contribution >= 0.6 is 0 Å². The van der Waals surface area contributed by atoms with Gasteiger partial charge >= 0.3 is 0 Å². The molecule has 0 bridgehead atoms. The molecule has 0 aromatic carbocycles. The van der Waals surface area contributed by atoms with Crippen molar-refractivity contribution in [2.45, 2.75) is 125 Å². The fourth-order valence-electron chi connectivity index (χ4n) is 9.92. The first kappa shape index (κ1) is 25.5. The van der Waals surface area contributed by atoms with Crippen LogP contribution in [0.4, 0.5) is 0 Å². The second-order valence-electron chi connectivity index (χ2n) is 13.5.